The summed E-state index contributed by atoms with van der Waals surface area (Å²) in [5.74, 6) is -0.376. The quantitative estimate of drug-likeness (QED) is 0.625. The van der Waals surface area contributed by atoms with Crippen LogP contribution in [0, 0.1) is 0 Å². The van der Waals surface area contributed by atoms with Crippen molar-refractivity contribution in [3.63, 3.8) is 0 Å². The van der Waals surface area contributed by atoms with Gasteiger partial charge in [-0.1, -0.05) is 23.7 Å². The normalized spacial score (nSPS) is 17.1. The Kier molecular flexibility index (Phi) is 6.51. The Hall–Kier alpha value is -1.90. The van der Waals surface area contributed by atoms with Gasteiger partial charge in [-0.25, -0.2) is 0 Å². The topological polar surface area (TPSA) is 90.1 Å². The molecule has 9 heteroatoms. The van der Waals surface area contributed by atoms with Gasteiger partial charge in [0.15, 0.2) is 5.69 Å². The maximum atomic E-state index is 12.4. The molecule has 0 bridgehead atoms. The van der Waals surface area contributed by atoms with Crippen molar-refractivity contribution in [3.8, 4) is 0 Å². The molecule has 7 nitrogen and oxygen atoms in total. The summed E-state index contributed by atoms with van der Waals surface area (Å²) in [5, 5.41) is 12.6. The number of nitrogens with one attached hydrogen (secondary N) is 3. The lowest BCUT2D eigenvalue weighted by molar-refractivity contribution is 0.0943. The van der Waals surface area contributed by atoms with Crippen LogP contribution >= 0.6 is 27.5 Å². The van der Waals surface area contributed by atoms with Crippen molar-refractivity contribution in [1.82, 2.24) is 20.4 Å². The molecule has 3 N–H and O–H groups in total. The molecule has 1 aliphatic rings. The first-order valence-corrected chi connectivity index (χ1v) is 9.92. The van der Waals surface area contributed by atoms with E-state index in [-0.39, 0.29) is 17.5 Å². The number of H-pyrrole nitrogens is 1. The smallest absolute Gasteiger partial charge is 0.273 e. The van der Waals surface area contributed by atoms with Crippen LogP contribution in [0.5, 0.6) is 0 Å². The average molecular weight is 455 g/mol. The minimum absolute atomic E-state index is 0.198. The van der Waals surface area contributed by atoms with Crippen LogP contribution in [-0.2, 0) is 0 Å². The molecule has 27 heavy (non-hydrogen) atoms. The number of likely N-dealkylation sites (tertiary alicyclic amines) is 1. The SMILES string of the molecule is CN1CCCC1CCNC(=O)c1n[nH]c(NC(=O)c2ccccc2Cl)c1Br. The van der Waals surface area contributed by atoms with E-state index in [4.69, 9.17) is 11.6 Å². The average Bonchev–Trinajstić information content (AvgIpc) is 3.21. The van der Waals surface area contributed by atoms with Crippen molar-refractivity contribution in [2.45, 2.75) is 25.3 Å². The van der Waals surface area contributed by atoms with Gasteiger partial charge in [-0.2, -0.15) is 5.10 Å². The zero-order valence-corrected chi connectivity index (χ0v) is 17.2. The largest absolute Gasteiger partial charge is 0.351 e. The second-order valence-corrected chi connectivity index (χ2v) is 7.72. The standard InChI is InChI=1S/C18H21BrClN5O2/c1-25-10-4-5-11(25)8-9-21-18(27)15-14(19)16(24-23-15)22-17(26)12-6-2-3-7-13(12)20/h2-3,6-7,11H,4-5,8-10H2,1H3,(H,21,27)(H2,22,23,24,26). The van der Waals surface area contributed by atoms with E-state index in [1.165, 1.54) is 6.42 Å². The Bertz CT molecular complexity index is 841. The summed E-state index contributed by atoms with van der Waals surface area (Å²) in [4.78, 5) is 27.0. The van der Waals surface area contributed by atoms with Gasteiger partial charge in [0.1, 0.15) is 5.82 Å². The molecule has 1 fully saturated rings. The van der Waals surface area contributed by atoms with Crippen molar-refractivity contribution in [1.29, 1.82) is 0 Å². The van der Waals surface area contributed by atoms with E-state index in [0.717, 1.165) is 19.4 Å². The highest BCUT2D eigenvalue weighted by Crippen LogP contribution is 2.25. The molecule has 2 aromatic rings. The molecule has 3 rings (SSSR count). The molecule has 0 radical (unpaired) electrons. The Balaban J connectivity index is 1.58. The number of carbonyl (C=O) groups excluding carboxylic acids is 2. The van der Waals surface area contributed by atoms with Gasteiger partial charge in [-0.05, 0) is 60.9 Å². The minimum Gasteiger partial charge on any atom is -0.351 e. The number of anilines is 1. The Labute approximate surface area is 171 Å². The second kappa shape index (κ2) is 8.86. The van der Waals surface area contributed by atoms with Crippen LogP contribution < -0.4 is 10.6 Å². The number of carbonyl (C=O) groups is 2. The molecular formula is C18H21BrClN5O2. The summed E-state index contributed by atoms with van der Waals surface area (Å²) in [6, 6.07) is 7.24. The first kappa shape index (κ1) is 19.9. The third-order valence-corrected chi connectivity index (χ3v) is 5.82. The van der Waals surface area contributed by atoms with E-state index in [2.05, 4.69) is 48.7 Å². The lowest BCUT2D eigenvalue weighted by atomic mass is 10.1. The van der Waals surface area contributed by atoms with Gasteiger partial charge in [0, 0.05) is 12.6 Å². The summed E-state index contributed by atoms with van der Waals surface area (Å²) >= 11 is 9.36. The molecule has 1 aliphatic heterocycles. The molecule has 0 aliphatic carbocycles. The molecule has 1 aromatic carbocycles. The van der Waals surface area contributed by atoms with Crippen molar-refractivity contribution < 1.29 is 9.59 Å². The number of nitrogens with zero attached hydrogens (tertiary/aromatic N) is 2. The van der Waals surface area contributed by atoms with Crippen LogP contribution in [0.1, 0.15) is 40.1 Å². The fraction of sp³-hybridized carbons (Fsp3) is 0.389. The molecule has 2 heterocycles. The van der Waals surface area contributed by atoms with E-state index < -0.39 is 0 Å². The van der Waals surface area contributed by atoms with Gasteiger partial charge < -0.3 is 15.5 Å². The number of amides is 2. The molecule has 1 unspecified atom stereocenters. The molecule has 1 saturated heterocycles. The van der Waals surface area contributed by atoms with Gasteiger partial charge >= 0.3 is 0 Å². The van der Waals surface area contributed by atoms with E-state index in [0.29, 0.717) is 33.5 Å². The van der Waals surface area contributed by atoms with E-state index in [1.807, 2.05) is 0 Å². The Morgan fingerprint density at radius 2 is 2.15 bits per heavy atom. The summed E-state index contributed by atoms with van der Waals surface area (Å²) in [5.41, 5.74) is 0.539. The van der Waals surface area contributed by atoms with Crippen LogP contribution in [0.25, 0.3) is 0 Å². The number of aromatic nitrogens is 2. The predicted molar refractivity (Wildman–Crippen MR) is 108 cm³/mol. The molecule has 0 spiro atoms. The van der Waals surface area contributed by atoms with Crippen LogP contribution in [0.4, 0.5) is 5.82 Å². The van der Waals surface area contributed by atoms with Crippen LogP contribution in [0.15, 0.2) is 28.7 Å². The summed E-state index contributed by atoms with van der Waals surface area (Å²) < 4.78 is 0.401. The lowest BCUT2D eigenvalue weighted by Crippen LogP contribution is -2.32. The van der Waals surface area contributed by atoms with Crippen LogP contribution in [0.2, 0.25) is 5.02 Å². The van der Waals surface area contributed by atoms with Crippen molar-refractivity contribution >= 4 is 45.2 Å². The van der Waals surface area contributed by atoms with Gasteiger partial charge in [-0.15, -0.1) is 0 Å². The number of aromatic amines is 1. The van der Waals surface area contributed by atoms with Gasteiger partial charge in [0.25, 0.3) is 11.8 Å². The monoisotopic (exact) mass is 453 g/mol. The van der Waals surface area contributed by atoms with Crippen molar-refractivity contribution in [3.05, 3.63) is 45.0 Å². The molecule has 0 saturated carbocycles. The third-order valence-electron chi connectivity index (χ3n) is 4.71. The first-order chi connectivity index (χ1) is 13.0. The maximum Gasteiger partial charge on any atom is 0.273 e. The number of hydrogen-bond acceptors (Lipinski definition) is 4. The fourth-order valence-electron chi connectivity index (χ4n) is 3.17. The summed E-state index contributed by atoms with van der Waals surface area (Å²) in [6.45, 7) is 1.69. The van der Waals surface area contributed by atoms with Crippen LogP contribution in [0.3, 0.4) is 0 Å². The highest BCUT2D eigenvalue weighted by atomic mass is 79.9. The Morgan fingerprint density at radius 3 is 2.85 bits per heavy atom. The maximum absolute atomic E-state index is 12.4. The van der Waals surface area contributed by atoms with Gasteiger partial charge in [0.05, 0.1) is 15.1 Å². The number of rotatable bonds is 6. The number of halogens is 2. The van der Waals surface area contributed by atoms with Crippen molar-refractivity contribution in [2.75, 3.05) is 25.5 Å². The summed E-state index contributed by atoms with van der Waals surface area (Å²) in [6.07, 6.45) is 3.27. The highest BCUT2D eigenvalue weighted by Gasteiger charge is 2.22. The summed E-state index contributed by atoms with van der Waals surface area (Å²) in [7, 11) is 2.11. The van der Waals surface area contributed by atoms with E-state index >= 15 is 0 Å². The minimum atomic E-state index is -0.388. The Morgan fingerprint density at radius 1 is 1.37 bits per heavy atom. The fourth-order valence-corrected chi connectivity index (χ4v) is 3.85. The molecule has 144 valence electrons. The van der Waals surface area contributed by atoms with Crippen molar-refractivity contribution in [2.24, 2.45) is 0 Å². The molecule has 1 aromatic heterocycles. The number of benzene rings is 1. The number of hydrogen-bond donors (Lipinski definition) is 3. The van der Waals surface area contributed by atoms with Crippen LogP contribution in [-0.4, -0.2) is 53.1 Å². The third kappa shape index (κ3) is 4.69. The highest BCUT2D eigenvalue weighted by molar-refractivity contribution is 9.10. The van der Waals surface area contributed by atoms with Gasteiger partial charge in [-0.3, -0.25) is 14.7 Å². The lowest BCUT2D eigenvalue weighted by Gasteiger charge is -2.19. The van der Waals surface area contributed by atoms with E-state index in [9.17, 15) is 9.59 Å². The first-order valence-electron chi connectivity index (χ1n) is 8.75. The molecular weight excluding hydrogens is 434 g/mol. The predicted octanol–water partition coefficient (Wildman–Crippen LogP) is 3.29. The second-order valence-electron chi connectivity index (χ2n) is 6.52. The molecule has 2 amide bonds. The zero-order chi connectivity index (χ0) is 19.4. The zero-order valence-electron chi connectivity index (χ0n) is 14.9. The van der Waals surface area contributed by atoms with Gasteiger partial charge in [0.2, 0.25) is 0 Å². The van der Waals surface area contributed by atoms with E-state index in [1.54, 1.807) is 24.3 Å². The molecule has 1 atom stereocenters.